The van der Waals surface area contributed by atoms with E-state index in [0.29, 0.717) is 19.4 Å². The molecule has 2 saturated heterocycles. The number of hydrogen-bond acceptors (Lipinski definition) is 3. The standard InChI is InChI=1S/C9H14N2O3/c1-2-6-9(14)11-4-5(12)3-7(11)8(13)10-6/h5-7,12H,2-4H2,1H3,(H,10,13)/t5-,6+,7+/m1/s1. The normalized spacial score (nSPS) is 37.0. The van der Waals surface area contributed by atoms with Crippen molar-refractivity contribution in [2.45, 2.75) is 38.0 Å². The Hall–Kier alpha value is -1.10. The number of rotatable bonds is 1. The summed E-state index contributed by atoms with van der Waals surface area (Å²) in [5, 5.41) is 12.0. The largest absolute Gasteiger partial charge is 0.391 e. The zero-order chi connectivity index (χ0) is 10.3. The summed E-state index contributed by atoms with van der Waals surface area (Å²) in [6, 6.07) is -0.843. The number of nitrogens with one attached hydrogen (secondary N) is 1. The molecule has 2 fully saturated rings. The summed E-state index contributed by atoms with van der Waals surface area (Å²) in [4.78, 5) is 24.7. The van der Waals surface area contributed by atoms with Crippen LogP contribution in [0.2, 0.25) is 0 Å². The molecule has 2 amide bonds. The molecule has 78 valence electrons. The molecule has 2 aliphatic heterocycles. The Morgan fingerprint density at radius 1 is 1.57 bits per heavy atom. The summed E-state index contributed by atoms with van der Waals surface area (Å²) >= 11 is 0. The van der Waals surface area contributed by atoms with E-state index in [4.69, 9.17) is 0 Å². The molecule has 0 aromatic heterocycles. The zero-order valence-corrected chi connectivity index (χ0v) is 8.06. The molecule has 0 bridgehead atoms. The number of piperazine rings is 1. The maximum absolute atomic E-state index is 11.7. The van der Waals surface area contributed by atoms with Crippen molar-refractivity contribution < 1.29 is 14.7 Å². The van der Waals surface area contributed by atoms with Crippen LogP contribution < -0.4 is 5.32 Å². The van der Waals surface area contributed by atoms with E-state index in [2.05, 4.69) is 5.32 Å². The molecule has 2 heterocycles. The quantitative estimate of drug-likeness (QED) is 0.559. The van der Waals surface area contributed by atoms with Crippen LogP contribution in [0, 0.1) is 0 Å². The fourth-order valence-corrected chi connectivity index (χ4v) is 2.11. The van der Waals surface area contributed by atoms with Crippen LogP contribution in [0.1, 0.15) is 19.8 Å². The molecule has 3 atom stereocenters. The lowest BCUT2D eigenvalue weighted by molar-refractivity contribution is -0.147. The van der Waals surface area contributed by atoms with Gasteiger partial charge in [0.2, 0.25) is 11.8 Å². The third-order valence-electron chi connectivity index (χ3n) is 2.89. The predicted octanol–water partition coefficient (Wildman–Crippen LogP) is -1.14. The Labute approximate surface area is 82.1 Å². The van der Waals surface area contributed by atoms with Crippen LogP contribution >= 0.6 is 0 Å². The maximum Gasteiger partial charge on any atom is 0.245 e. The van der Waals surface area contributed by atoms with Gasteiger partial charge in [-0.25, -0.2) is 0 Å². The zero-order valence-electron chi connectivity index (χ0n) is 8.06. The van der Waals surface area contributed by atoms with Crippen molar-refractivity contribution >= 4 is 11.8 Å². The third-order valence-corrected chi connectivity index (χ3v) is 2.89. The molecule has 0 aromatic rings. The SMILES string of the molecule is CC[C@@H]1NC(=O)[C@@H]2C[C@@H](O)CN2C1=O. The van der Waals surface area contributed by atoms with Crippen LogP contribution in [0.25, 0.3) is 0 Å². The van der Waals surface area contributed by atoms with Crippen molar-refractivity contribution in [3.63, 3.8) is 0 Å². The van der Waals surface area contributed by atoms with E-state index in [0.717, 1.165) is 0 Å². The van der Waals surface area contributed by atoms with Crippen LogP contribution in [0.5, 0.6) is 0 Å². The van der Waals surface area contributed by atoms with Crippen LogP contribution in [-0.2, 0) is 9.59 Å². The number of carbonyl (C=O) groups excluding carboxylic acids is 2. The number of amides is 2. The van der Waals surface area contributed by atoms with Crippen molar-refractivity contribution in [1.29, 1.82) is 0 Å². The Kier molecular flexibility index (Phi) is 2.19. The minimum atomic E-state index is -0.551. The lowest BCUT2D eigenvalue weighted by atomic mass is 10.1. The van der Waals surface area contributed by atoms with E-state index in [1.54, 1.807) is 0 Å². The molecule has 0 spiro atoms. The first-order valence-corrected chi connectivity index (χ1v) is 4.92. The van der Waals surface area contributed by atoms with Gasteiger partial charge in [0.1, 0.15) is 12.1 Å². The van der Waals surface area contributed by atoms with Gasteiger partial charge in [-0.2, -0.15) is 0 Å². The van der Waals surface area contributed by atoms with E-state index in [1.807, 2.05) is 6.92 Å². The number of carbonyl (C=O) groups is 2. The van der Waals surface area contributed by atoms with Crippen molar-refractivity contribution in [3.8, 4) is 0 Å². The Morgan fingerprint density at radius 2 is 2.29 bits per heavy atom. The molecule has 0 unspecified atom stereocenters. The number of hydrogen-bond donors (Lipinski definition) is 2. The highest BCUT2D eigenvalue weighted by Crippen LogP contribution is 2.23. The van der Waals surface area contributed by atoms with Gasteiger partial charge in [0.15, 0.2) is 0 Å². The Bertz CT molecular complexity index is 279. The van der Waals surface area contributed by atoms with Crippen LogP contribution in [-0.4, -0.2) is 46.6 Å². The van der Waals surface area contributed by atoms with Crippen LogP contribution in [0.15, 0.2) is 0 Å². The van der Waals surface area contributed by atoms with Crippen LogP contribution in [0.4, 0.5) is 0 Å². The van der Waals surface area contributed by atoms with Gasteiger partial charge in [-0.05, 0) is 6.42 Å². The van der Waals surface area contributed by atoms with Crippen molar-refractivity contribution in [2.75, 3.05) is 6.54 Å². The second-order valence-electron chi connectivity index (χ2n) is 3.87. The molecule has 0 aliphatic carbocycles. The molecule has 2 rings (SSSR count). The molecule has 0 aromatic carbocycles. The molecule has 0 saturated carbocycles. The summed E-state index contributed by atoms with van der Waals surface area (Å²) < 4.78 is 0. The first kappa shape index (κ1) is 9.45. The average Bonchev–Trinajstić information content (AvgIpc) is 2.54. The Morgan fingerprint density at radius 3 is 2.93 bits per heavy atom. The molecule has 2 N–H and O–H groups in total. The second-order valence-corrected chi connectivity index (χ2v) is 3.87. The van der Waals surface area contributed by atoms with Crippen molar-refractivity contribution in [3.05, 3.63) is 0 Å². The topological polar surface area (TPSA) is 69.6 Å². The Balaban J connectivity index is 2.20. The smallest absolute Gasteiger partial charge is 0.245 e. The number of fused-ring (bicyclic) bond motifs is 1. The van der Waals surface area contributed by atoms with Gasteiger partial charge in [-0.3, -0.25) is 9.59 Å². The van der Waals surface area contributed by atoms with Gasteiger partial charge >= 0.3 is 0 Å². The van der Waals surface area contributed by atoms with Gasteiger partial charge in [0.25, 0.3) is 0 Å². The molecule has 5 nitrogen and oxygen atoms in total. The first-order valence-electron chi connectivity index (χ1n) is 4.92. The summed E-state index contributed by atoms with van der Waals surface area (Å²) in [5.74, 6) is -0.193. The number of nitrogens with zero attached hydrogens (tertiary/aromatic N) is 1. The first-order chi connectivity index (χ1) is 6.63. The van der Waals surface area contributed by atoms with E-state index in [9.17, 15) is 14.7 Å². The van der Waals surface area contributed by atoms with E-state index in [-0.39, 0.29) is 11.8 Å². The van der Waals surface area contributed by atoms with Gasteiger partial charge in [0.05, 0.1) is 6.10 Å². The van der Waals surface area contributed by atoms with Crippen LogP contribution in [0.3, 0.4) is 0 Å². The fraction of sp³-hybridized carbons (Fsp3) is 0.778. The average molecular weight is 198 g/mol. The summed E-state index contributed by atoms with van der Waals surface area (Å²) in [5.41, 5.74) is 0. The van der Waals surface area contributed by atoms with Gasteiger partial charge in [0, 0.05) is 13.0 Å². The molecular weight excluding hydrogens is 184 g/mol. The molecular formula is C9H14N2O3. The predicted molar refractivity (Wildman–Crippen MR) is 48.3 cm³/mol. The maximum atomic E-state index is 11.7. The highest BCUT2D eigenvalue weighted by Gasteiger charge is 2.45. The summed E-state index contributed by atoms with van der Waals surface area (Å²) in [6.07, 6.45) is 0.419. The van der Waals surface area contributed by atoms with E-state index >= 15 is 0 Å². The van der Waals surface area contributed by atoms with Crippen molar-refractivity contribution in [2.24, 2.45) is 0 Å². The lowest BCUT2D eigenvalue weighted by Gasteiger charge is -2.33. The van der Waals surface area contributed by atoms with Gasteiger partial charge in [-0.1, -0.05) is 6.92 Å². The summed E-state index contributed by atoms with van der Waals surface area (Å²) in [7, 11) is 0. The van der Waals surface area contributed by atoms with E-state index < -0.39 is 18.2 Å². The van der Waals surface area contributed by atoms with Gasteiger partial charge in [-0.15, -0.1) is 0 Å². The molecule has 14 heavy (non-hydrogen) atoms. The third kappa shape index (κ3) is 1.28. The molecule has 2 aliphatic rings. The fourth-order valence-electron chi connectivity index (χ4n) is 2.11. The second kappa shape index (κ2) is 3.24. The minimum absolute atomic E-state index is 0.0614. The lowest BCUT2D eigenvalue weighted by Crippen LogP contribution is -2.60. The van der Waals surface area contributed by atoms with Gasteiger partial charge < -0.3 is 15.3 Å². The highest BCUT2D eigenvalue weighted by atomic mass is 16.3. The number of aliphatic hydroxyl groups is 1. The molecule has 0 radical (unpaired) electrons. The number of aliphatic hydroxyl groups excluding tert-OH is 1. The highest BCUT2D eigenvalue weighted by molar-refractivity contribution is 5.97. The van der Waals surface area contributed by atoms with Crippen molar-refractivity contribution in [1.82, 2.24) is 10.2 Å². The monoisotopic (exact) mass is 198 g/mol. The summed E-state index contributed by atoms with van der Waals surface area (Å²) in [6.45, 7) is 2.16. The molecule has 5 heteroatoms. The minimum Gasteiger partial charge on any atom is -0.391 e. The van der Waals surface area contributed by atoms with E-state index in [1.165, 1.54) is 4.90 Å².